The molecule has 1 aliphatic rings. The SMILES string of the molecule is CCOC(=O)c1ccc(N)cc1.NC(=O)NC1NC(=O)NC1=O. The monoisotopic (exact) mass is 323 g/mol. The lowest BCUT2D eigenvalue weighted by Gasteiger charge is -2.05. The van der Waals surface area contributed by atoms with Crippen LogP contribution < -0.4 is 27.4 Å². The second-order valence-electron chi connectivity index (χ2n) is 4.25. The van der Waals surface area contributed by atoms with Crippen LogP contribution in [0.4, 0.5) is 15.3 Å². The summed E-state index contributed by atoms with van der Waals surface area (Å²) in [7, 11) is 0. The number of hydrogen-bond donors (Lipinski definition) is 5. The average molecular weight is 323 g/mol. The highest BCUT2D eigenvalue weighted by Gasteiger charge is 2.29. The number of imide groups is 1. The molecular formula is C13H17N5O5. The van der Waals surface area contributed by atoms with Crippen LogP contribution in [0.1, 0.15) is 17.3 Å². The molecule has 1 aliphatic heterocycles. The molecule has 0 spiro atoms. The Balaban J connectivity index is 0.000000231. The molecule has 1 fully saturated rings. The van der Waals surface area contributed by atoms with Crippen molar-refractivity contribution < 1.29 is 23.9 Å². The number of urea groups is 2. The van der Waals surface area contributed by atoms with Crippen LogP contribution in [-0.2, 0) is 9.53 Å². The maximum atomic E-state index is 11.1. The summed E-state index contributed by atoms with van der Waals surface area (Å²) in [5, 5.41) is 6.05. The molecule has 1 heterocycles. The smallest absolute Gasteiger partial charge is 0.338 e. The van der Waals surface area contributed by atoms with Crippen molar-refractivity contribution in [1.82, 2.24) is 16.0 Å². The molecule has 1 saturated heterocycles. The quantitative estimate of drug-likeness (QED) is 0.279. The van der Waals surface area contributed by atoms with Gasteiger partial charge in [0.05, 0.1) is 12.2 Å². The number of amides is 5. The molecule has 7 N–H and O–H groups in total. The van der Waals surface area contributed by atoms with E-state index < -0.39 is 24.1 Å². The lowest BCUT2D eigenvalue weighted by atomic mass is 10.2. The number of ether oxygens (including phenoxy) is 1. The molecule has 0 aliphatic carbocycles. The molecule has 1 atom stereocenters. The van der Waals surface area contributed by atoms with Gasteiger partial charge in [-0.25, -0.2) is 14.4 Å². The number of nitrogens with one attached hydrogen (secondary N) is 3. The molecule has 1 unspecified atom stereocenters. The normalized spacial score (nSPS) is 15.6. The topological polar surface area (TPSA) is 166 Å². The standard InChI is InChI=1S/C9H11NO2.C4H6N4O3/c1-2-12-9(11)7-3-5-8(10)6-4-7;5-3(10)6-1-2(9)8-4(11)7-1/h3-6H,2,10H2,1H3;1H,(H3,5,6,10)(H2,7,8,9,11). The highest BCUT2D eigenvalue weighted by molar-refractivity contribution is 6.05. The van der Waals surface area contributed by atoms with Crippen molar-refractivity contribution in [3.8, 4) is 0 Å². The molecule has 0 saturated carbocycles. The van der Waals surface area contributed by atoms with Gasteiger partial charge in [0.1, 0.15) is 0 Å². The molecule has 23 heavy (non-hydrogen) atoms. The van der Waals surface area contributed by atoms with Crippen molar-refractivity contribution in [2.75, 3.05) is 12.3 Å². The minimum absolute atomic E-state index is 0.308. The highest BCUT2D eigenvalue weighted by atomic mass is 16.5. The molecule has 2 rings (SSSR count). The van der Waals surface area contributed by atoms with E-state index in [9.17, 15) is 19.2 Å². The van der Waals surface area contributed by atoms with E-state index in [1.165, 1.54) is 0 Å². The third-order valence-corrected chi connectivity index (χ3v) is 2.48. The Kier molecular flexibility index (Phi) is 6.34. The molecule has 5 amide bonds. The van der Waals surface area contributed by atoms with Gasteiger partial charge in [-0.1, -0.05) is 0 Å². The van der Waals surface area contributed by atoms with Gasteiger partial charge in [-0.3, -0.25) is 10.1 Å². The van der Waals surface area contributed by atoms with Gasteiger partial charge in [-0.05, 0) is 31.2 Å². The van der Waals surface area contributed by atoms with Crippen LogP contribution >= 0.6 is 0 Å². The third-order valence-electron chi connectivity index (χ3n) is 2.48. The number of esters is 1. The fourth-order valence-electron chi connectivity index (χ4n) is 1.49. The highest BCUT2D eigenvalue weighted by Crippen LogP contribution is 2.06. The van der Waals surface area contributed by atoms with Crippen molar-refractivity contribution in [1.29, 1.82) is 0 Å². The van der Waals surface area contributed by atoms with Crippen molar-refractivity contribution in [2.45, 2.75) is 13.1 Å². The van der Waals surface area contributed by atoms with Crippen molar-refractivity contribution >= 4 is 29.6 Å². The van der Waals surface area contributed by atoms with E-state index in [4.69, 9.17) is 16.2 Å². The lowest BCUT2D eigenvalue weighted by Crippen LogP contribution is -2.48. The first-order valence-corrected chi connectivity index (χ1v) is 6.53. The summed E-state index contributed by atoms with van der Waals surface area (Å²) in [6.45, 7) is 2.17. The van der Waals surface area contributed by atoms with Crippen molar-refractivity contribution in [3.63, 3.8) is 0 Å². The Hall–Kier alpha value is -3.30. The summed E-state index contributed by atoms with van der Waals surface area (Å²) < 4.78 is 4.79. The number of hydrogen-bond acceptors (Lipinski definition) is 6. The number of benzene rings is 1. The number of anilines is 1. The fourth-order valence-corrected chi connectivity index (χ4v) is 1.49. The van der Waals surface area contributed by atoms with E-state index in [-0.39, 0.29) is 5.97 Å². The zero-order valence-corrected chi connectivity index (χ0v) is 12.3. The van der Waals surface area contributed by atoms with Crippen LogP contribution in [0.25, 0.3) is 0 Å². The third kappa shape index (κ3) is 5.91. The van der Waals surface area contributed by atoms with Gasteiger partial charge in [-0.15, -0.1) is 0 Å². The summed E-state index contributed by atoms with van der Waals surface area (Å²) in [6, 6.07) is 5.13. The number of primary amides is 1. The number of carbonyl (C=O) groups is 4. The molecule has 0 bridgehead atoms. The molecule has 10 heteroatoms. The number of nitrogen functional groups attached to an aromatic ring is 1. The molecule has 0 radical (unpaired) electrons. The molecule has 1 aromatic carbocycles. The van der Waals surface area contributed by atoms with Crippen LogP contribution in [-0.4, -0.2) is 36.7 Å². The lowest BCUT2D eigenvalue weighted by molar-refractivity contribution is -0.120. The molecule has 124 valence electrons. The fraction of sp³-hybridized carbons (Fsp3) is 0.231. The predicted octanol–water partition coefficient (Wildman–Crippen LogP) is -0.734. The van der Waals surface area contributed by atoms with E-state index in [0.717, 1.165) is 0 Å². The van der Waals surface area contributed by atoms with Crippen LogP contribution in [0.3, 0.4) is 0 Å². The first-order chi connectivity index (χ1) is 10.8. The summed E-state index contributed by atoms with van der Waals surface area (Å²) in [6.07, 6.45) is -1.04. The van der Waals surface area contributed by atoms with Crippen molar-refractivity contribution in [2.24, 2.45) is 5.73 Å². The predicted molar refractivity (Wildman–Crippen MR) is 80.0 cm³/mol. The number of carbonyl (C=O) groups excluding carboxylic acids is 4. The Labute approximate surface area is 131 Å². The van der Waals surface area contributed by atoms with Gasteiger partial charge in [0.2, 0.25) is 0 Å². The van der Waals surface area contributed by atoms with E-state index in [2.05, 4.69) is 5.32 Å². The Morgan fingerprint density at radius 2 is 1.87 bits per heavy atom. The Bertz CT molecular complexity index is 601. The van der Waals surface area contributed by atoms with Crippen molar-refractivity contribution in [3.05, 3.63) is 29.8 Å². The number of nitrogens with two attached hydrogens (primary N) is 2. The van der Waals surface area contributed by atoms with Crippen LogP contribution in [0.15, 0.2) is 24.3 Å². The van der Waals surface area contributed by atoms with E-state index in [0.29, 0.717) is 17.9 Å². The second-order valence-corrected chi connectivity index (χ2v) is 4.25. The molecule has 0 aromatic heterocycles. The van der Waals surface area contributed by atoms with Gasteiger partial charge in [0.25, 0.3) is 5.91 Å². The van der Waals surface area contributed by atoms with E-state index >= 15 is 0 Å². The average Bonchev–Trinajstić information content (AvgIpc) is 2.78. The zero-order valence-electron chi connectivity index (χ0n) is 12.3. The number of rotatable bonds is 3. The Morgan fingerprint density at radius 3 is 2.30 bits per heavy atom. The largest absolute Gasteiger partial charge is 0.462 e. The summed E-state index contributed by atoms with van der Waals surface area (Å²) >= 11 is 0. The van der Waals surface area contributed by atoms with Gasteiger partial charge in [0, 0.05) is 5.69 Å². The van der Waals surface area contributed by atoms with Gasteiger partial charge < -0.3 is 26.8 Å². The molecular weight excluding hydrogens is 306 g/mol. The van der Waals surface area contributed by atoms with Gasteiger partial charge in [0.15, 0.2) is 6.17 Å². The summed E-state index contributed by atoms with van der Waals surface area (Å²) in [5.41, 5.74) is 11.3. The minimum Gasteiger partial charge on any atom is -0.462 e. The van der Waals surface area contributed by atoms with E-state index in [1.807, 2.05) is 10.6 Å². The maximum absolute atomic E-state index is 11.1. The van der Waals surface area contributed by atoms with Gasteiger partial charge >= 0.3 is 18.0 Å². The first-order valence-electron chi connectivity index (χ1n) is 6.53. The maximum Gasteiger partial charge on any atom is 0.338 e. The van der Waals surface area contributed by atoms with Crippen LogP contribution in [0, 0.1) is 0 Å². The zero-order chi connectivity index (χ0) is 17.4. The molecule has 10 nitrogen and oxygen atoms in total. The first kappa shape index (κ1) is 17.8. The van der Waals surface area contributed by atoms with E-state index in [1.54, 1.807) is 31.2 Å². The van der Waals surface area contributed by atoms with Crippen LogP contribution in [0.5, 0.6) is 0 Å². The second kappa shape index (κ2) is 8.22. The minimum atomic E-state index is -1.04. The Morgan fingerprint density at radius 1 is 1.26 bits per heavy atom. The summed E-state index contributed by atoms with van der Waals surface area (Å²) in [4.78, 5) is 42.3. The summed E-state index contributed by atoms with van der Waals surface area (Å²) in [5.74, 6) is -0.925. The van der Waals surface area contributed by atoms with Crippen LogP contribution in [0.2, 0.25) is 0 Å². The van der Waals surface area contributed by atoms with Gasteiger partial charge in [-0.2, -0.15) is 0 Å². The molecule has 1 aromatic rings.